The highest BCUT2D eigenvalue weighted by Gasteiger charge is 2.31. The quantitative estimate of drug-likeness (QED) is 0.898. The zero-order valence-corrected chi connectivity index (χ0v) is 12.1. The fourth-order valence-electron chi connectivity index (χ4n) is 3.74. The molecule has 1 saturated heterocycles. The van der Waals surface area contributed by atoms with Crippen LogP contribution in [0.3, 0.4) is 0 Å². The van der Waals surface area contributed by atoms with Crippen molar-refractivity contribution in [3.05, 3.63) is 34.9 Å². The van der Waals surface area contributed by atoms with Crippen LogP contribution in [0.5, 0.6) is 0 Å². The molecule has 1 aliphatic carbocycles. The molecule has 1 aliphatic heterocycles. The molecule has 3 heteroatoms. The van der Waals surface area contributed by atoms with Crippen LogP contribution in [0.25, 0.3) is 0 Å². The van der Waals surface area contributed by atoms with Gasteiger partial charge in [-0.2, -0.15) is 0 Å². The molecular weight excluding hydrogens is 256 g/mol. The lowest BCUT2D eigenvalue weighted by atomic mass is 9.87. The van der Waals surface area contributed by atoms with Crippen molar-refractivity contribution >= 4 is 11.6 Å². The Bertz CT molecular complexity index is 429. The van der Waals surface area contributed by atoms with Gasteiger partial charge < -0.3 is 5.73 Å². The fourth-order valence-corrected chi connectivity index (χ4v) is 3.94. The number of hydrogen-bond acceptors (Lipinski definition) is 2. The topological polar surface area (TPSA) is 29.3 Å². The number of nitrogens with two attached hydrogens (primary N) is 1. The Morgan fingerprint density at radius 1 is 1.16 bits per heavy atom. The van der Waals surface area contributed by atoms with E-state index in [-0.39, 0.29) is 0 Å². The summed E-state index contributed by atoms with van der Waals surface area (Å²) in [7, 11) is 0. The van der Waals surface area contributed by atoms with Gasteiger partial charge in [-0.3, -0.25) is 4.90 Å². The van der Waals surface area contributed by atoms with E-state index in [0.717, 1.165) is 30.6 Å². The molecule has 0 radical (unpaired) electrons. The maximum atomic E-state index is 6.28. The Kier molecular flexibility index (Phi) is 4.11. The molecule has 0 spiro atoms. The van der Waals surface area contributed by atoms with Gasteiger partial charge in [0.15, 0.2) is 0 Å². The van der Waals surface area contributed by atoms with Crippen molar-refractivity contribution in [2.24, 2.45) is 5.73 Å². The van der Waals surface area contributed by atoms with E-state index in [0.29, 0.717) is 12.0 Å². The number of piperidine rings is 1. The molecule has 2 atom stereocenters. The number of likely N-dealkylation sites (tertiary alicyclic amines) is 1. The summed E-state index contributed by atoms with van der Waals surface area (Å²) in [5.74, 6) is 0.544. The van der Waals surface area contributed by atoms with E-state index >= 15 is 0 Å². The summed E-state index contributed by atoms with van der Waals surface area (Å²) in [4.78, 5) is 2.63. The van der Waals surface area contributed by atoms with Crippen LogP contribution < -0.4 is 5.73 Å². The number of benzene rings is 1. The lowest BCUT2D eigenvalue weighted by molar-refractivity contribution is 0.136. The van der Waals surface area contributed by atoms with E-state index in [2.05, 4.69) is 23.1 Å². The second kappa shape index (κ2) is 5.82. The van der Waals surface area contributed by atoms with Crippen LogP contribution in [0.4, 0.5) is 0 Å². The van der Waals surface area contributed by atoms with E-state index in [1.165, 1.54) is 31.2 Å². The van der Waals surface area contributed by atoms with Crippen LogP contribution in [0.2, 0.25) is 5.02 Å². The van der Waals surface area contributed by atoms with E-state index in [4.69, 9.17) is 17.3 Å². The first-order chi connectivity index (χ1) is 9.22. The second-order valence-electron chi connectivity index (χ2n) is 6.14. The summed E-state index contributed by atoms with van der Waals surface area (Å²) in [6.07, 6.45) is 6.57. The van der Waals surface area contributed by atoms with Crippen LogP contribution in [0.1, 0.15) is 43.6 Å². The standard InChI is InChI=1S/C16H23ClN2/c17-14-5-3-4-12(8-14)13-9-15(18)11-19(10-13)16-6-1-2-7-16/h3-5,8,13,15-16H,1-2,6-7,9-11,18H2. The summed E-state index contributed by atoms with van der Waals surface area (Å²) in [6, 6.07) is 9.38. The molecule has 2 unspecified atom stereocenters. The molecule has 1 aromatic rings. The molecule has 2 fully saturated rings. The lowest BCUT2D eigenvalue weighted by Crippen LogP contribution is -2.49. The predicted molar refractivity (Wildman–Crippen MR) is 80.6 cm³/mol. The fraction of sp³-hybridized carbons (Fsp3) is 0.625. The highest BCUT2D eigenvalue weighted by atomic mass is 35.5. The molecule has 2 N–H and O–H groups in total. The van der Waals surface area contributed by atoms with Gasteiger partial charge in [-0.1, -0.05) is 36.6 Å². The van der Waals surface area contributed by atoms with E-state index in [1.807, 2.05) is 6.07 Å². The zero-order valence-electron chi connectivity index (χ0n) is 11.4. The highest BCUT2D eigenvalue weighted by molar-refractivity contribution is 6.30. The Labute approximate surface area is 120 Å². The summed E-state index contributed by atoms with van der Waals surface area (Å²) in [5, 5.41) is 0.837. The second-order valence-corrected chi connectivity index (χ2v) is 6.58. The van der Waals surface area contributed by atoms with Crippen molar-refractivity contribution in [2.75, 3.05) is 13.1 Å². The number of hydrogen-bond donors (Lipinski definition) is 1. The normalized spacial score (nSPS) is 29.8. The molecule has 0 amide bonds. The van der Waals surface area contributed by atoms with Crippen molar-refractivity contribution in [1.82, 2.24) is 4.90 Å². The molecular formula is C16H23ClN2. The summed E-state index contributed by atoms with van der Waals surface area (Å²) >= 11 is 6.12. The Balaban J connectivity index is 1.74. The third kappa shape index (κ3) is 3.13. The molecule has 1 saturated carbocycles. The van der Waals surface area contributed by atoms with Crippen molar-refractivity contribution in [3.63, 3.8) is 0 Å². The van der Waals surface area contributed by atoms with E-state index < -0.39 is 0 Å². The van der Waals surface area contributed by atoms with Crippen molar-refractivity contribution < 1.29 is 0 Å². The predicted octanol–water partition coefficient (Wildman–Crippen LogP) is 3.40. The van der Waals surface area contributed by atoms with Gasteiger partial charge in [0.05, 0.1) is 0 Å². The molecule has 1 heterocycles. The number of nitrogens with zero attached hydrogens (tertiary/aromatic N) is 1. The Hall–Kier alpha value is -0.570. The summed E-state index contributed by atoms with van der Waals surface area (Å²) < 4.78 is 0. The lowest BCUT2D eigenvalue weighted by Gasteiger charge is -2.40. The van der Waals surface area contributed by atoms with E-state index in [1.54, 1.807) is 0 Å². The molecule has 104 valence electrons. The maximum absolute atomic E-state index is 6.28. The molecule has 0 aromatic heterocycles. The Morgan fingerprint density at radius 3 is 2.68 bits per heavy atom. The average Bonchev–Trinajstić information content (AvgIpc) is 2.92. The minimum atomic E-state index is 0.304. The third-order valence-corrected chi connectivity index (χ3v) is 4.91. The first kappa shape index (κ1) is 13.4. The molecule has 2 nitrogen and oxygen atoms in total. The van der Waals surface area contributed by atoms with Crippen molar-refractivity contribution in [2.45, 2.75) is 50.1 Å². The maximum Gasteiger partial charge on any atom is 0.0408 e. The molecule has 2 aliphatic rings. The highest BCUT2D eigenvalue weighted by Crippen LogP contribution is 2.32. The van der Waals surface area contributed by atoms with Gasteiger partial charge >= 0.3 is 0 Å². The summed E-state index contributed by atoms with van der Waals surface area (Å²) in [5.41, 5.74) is 7.64. The molecule has 0 bridgehead atoms. The largest absolute Gasteiger partial charge is 0.327 e. The first-order valence-electron chi connectivity index (χ1n) is 7.47. The smallest absolute Gasteiger partial charge is 0.0408 e. The SMILES string of the molecule is NC1CC(c2cccc(Cl)c2)CN(C2CCCC2)C1. The van der Waals surface area contributed by atoms with Gasteiger partial charge in [0.2, 0.25) is 0 Å². The van der Waals surface area contributed by atoms with Gasteiger partial charge in [-0.05, 0) is 42.9 Å². The van der Waals surface area contributed by atoms with Gasteiger partial charge in [-0.25, -0.2) is 0 Å². The van der Waals surface area contributed by atoms with E-state index in [9.17, 15) is 0 Å². The van der Waals surface area contributed by atoms with Crippen molar-refractivity contribution in [3.8, 4) is 0 Å². The third-order valence-electron chi connectivity index (χ3n) is 4.67. The van der Waals surface area contributed by atoms with Crippen LogP contribution >= 0.6 is 11.6 Å². The Morgan fingerprint density at radius 2 is 1.95 bits per heavy atom. The number of rotatable bonds is 2. The molecule has 1 aromatic carbocycles. The first-order valence-corrected chi connectivity index (χ1v) is 7.85. The van der Waals surface area contributed by atoms with Crippen LogP contribution in [-0.4, -0.2) is 30.1 Å². The van der Waals surface area contributed by atoms with Gasteiger partial charge in [0.25, 0.3) is 0 Å². The van der Waals surface area contributed by atoms with Crippen LogP contribution in [0.15, 0.2) is 24.3 Å². The molecule has 3 rings (SSSR count). The van der Waals surface area contributed by atoms with Gasteiger partial charge in [-0.15, -0.1) is 0 Å². The van der Waals surface area contributed by atoms with Crippen molar-refractivity contribution in [1.29, 1.82) is 0 Å². The molecule has 19 heavy (non-hydrogen) atoms. The average molecular weight is 279 g/mol. The number of halogens is 1. The van der Waals surface area contributed by atoms with Gasteiger partial charge in [0.1, 0.15) is 0 Å². The van der Waals surface area contributed by atoms with Crippen LogP contribution in [-0.2, 0) is 0 Å². The minimum Gasteiger partial charge on any atom is -0.327 e. The minimum absolute atomic E-state index is 0.304. The summed E-state index contributed by atoms with van der Waals surface area (Å²) in [6.45, 7) is 2.22. The van der Waals surface area contributed by atoms with Gasteiger partial charge in [0, 0.05) is 30.2 Å². The zero-order chi connectivity index (χ0) is 13.2. The van der Waals surface area contributed by atoms with Crippen LogP contribution in [0, 0.1) is 0 Å². The monoisotopic (exact) mass is 278 g/mol.